The standard InChI is InChI=1S/C19H24N4O2/c1-11-3-6-15(13-4-5-13)16(9-11)19(24)20-10-14-7-8-25-17(14)18-21-12(2)22-23-18/h3,6,9,13-14,17H,4-5,7-8,10H2,1-2H3,(H,20,24)(H,21,22,23)/t14-,17-/m0/s1. The van der Waals surface area contributed by atoms with Crippen LogP contribution in [0.1, 0.15) is 64.4 Å². The molecule has 2 atom stereocenters. The maximum absolute atomic E-state index is 12.8. The molecule has 6 heteroatoms. The van der Waals surface area contributed by atoms with Crippen molar-refractivity contribution in [1.82, 2.24) is 20.5 Å². The maximum atomic E-state index is 12.8. The van der Waals surface area contributed by atoms with Crippen LogP contribution in [0, 0.1) is 19.8 Å². The van der Waals surface area contributed by atoms with Gasteiger partial charge < -0.3 is 10.1 Å². The minimum absolute atomic E-state index is 0.0161. The number of nitrogens with zero attached hydrogens (tertiary/aromatic N) is 2. The first-order valence-electron chi connectivity index (χ1n) is 9.01. The van der Waals surface area contributed by atoms with E-state index >= 15 is 0 Å². The average molecular weight is 340 g/mol. The van der Waals surface area contributed by atoms with Crippen molar-refractivity contribution in [2.75, 3.05) is 13.2 Å². The van der Waals surface area contributed by atoms with Gasteiger partial charge >= 0.3 is 0 Å². The van der Waals surface area contributed by atoms with Gasteiger partial charge in [-0.1, -0.05) is 17.7 Å². The lowest BCUT2D eigenvalue weighted by Crippen LogP contribution is -2.31. The molecule has 2 aromatic rings. The number of H-pyrrole nitrogens is 1. The quantitative estimate of drug-likeness (QED) is 0.877. The van der Waals surface area contributed by atoms with E-state index in [9.17, 15) is 4.79 Å². The first-order chi connectivity index (χ1) is 12.1. The second-order valence-electron chi connectivity index (χ2n) is 7.19. The zero-order valence-electron chi connectivity index (χ0n) is 14.7. The van der Waals surface area contributed by atoms with Crippen molar-refractivity contribution in [3.63, 3.8) is 0 Å². The molecule has 2 N–H and O–H groups in total. The van der Waals surface area contributed by atoms with Gasteiger partial charge in [0.15, 0.2) is 5.82 Å². The van der Waals surface area contributed by atoms with Crippen molar-refractivity contribution in [2.24, 2.45) is 5.92 Å². The van der Waals surface area contributed by atoms with E-state index in [0.717, 1.165) is 23.4 Å². The summed E-state index contributed by atoms with van der Waals surface area (Å²) in [6.07, 6.45) is 3.13. The molecule has 0 bridgehead atoms. The maximum Gasteiger partial charge on any atom is 0.251 e. The molecule has 1 aromatic heterocycles. The van der Waals surface area contributed by atoms with Crippen LogP contribution in [-0.2, 0) is 4.74 Å². The molecule has 0 spiro atoms. The fourth-order valence-electron chi connectivity index (χ4n) is 3.55. The SMILES string of the molecule is Cc1ccc(C2CC2)c(C(=O)NC[C@@H]2CCO[C@@H]2c2n[nH]c(C)n2)c1. The van der Waals surface area contributed by atoms with E-state index in [1.54, 1.807) is 0 Å². The van der Waals surface area contributed by atoms with E-state index in [4.69, 9.17) is 4.74 Å². The third kappa shape index (κ3) is 3.44. The van der Waals surface area contributed by atoms with E-state index < -0.39 is 0 Å². The van der Waals surface area contributed by atoms with Gasteiger partial charge in [-0.3, -0.25) is 9.89 Å². The smallest absolute Gasteiger partial charge is 0.251 e. The molecule has 1 aromatic carbocycles. The van der Waals surface area contributed by atoms with Crippen molar-refractivity contribution < 1.29 is 9.53 Å². The van der Waals surface area contributed by atoms with Crippen LogP contribution in [0.3, 0.4) is 0 Å². The fourth-order valence-corrected chi connectivity index (χ4v) is 3.55. The fraction of sp³-hybridized carbons (Fsp3) is 0.526. The van der Waals surface area contributed by atoms with E-state index in [2.05, 4.69) is 32.6 Å². The van der Waals surface area contributed by atoms with Gasteiger partial charge in [-0.2, -0.15) is 5.10 Å². The van der Waals surface area contributed by atoms with Gasteiger partial charge in [0.1, 0.15) is 11.9 Å². The molecule has 1 amide bonds. The molecular weight excluding hydrogens is 316 g/mol. The van der Waals surface area contributed by atoms with Crippen molar-refractivity contribution in [2.45, 2.75) is 45.1 Å². The highest BCUT2D eigenvalue weighted by atomic mass is 16.5. The molecule has 132 valence electrons. The van der Waals surface area contributed by atoms with Crippen molar-refractivity contribution in [3.05, 3.63) is 46.5 Å². The van der Waals surface area contributed by atoms with Gasteiger partial charge in [-0.15, -0.1) is 0 Å². The summed E-state index contributed by atoms with van der Waals surface area (Å²) >= 11 is 0. The molecule has 0 radical (unpaired) electrons. The Morgan fingerprint density at radius 2 is 2.16 bits per heavy atom. The summed E-state index contributed by atoms with van der Waals surface area (Å²) in [5.74, 6) is 2.24. The third-order valence-corrected chi connectivity index (χ3v) is 5.08. The van der Waals surface area contributed by atoms with Crippen LogP contribution >= 0.6 is 0 Å². The number of aryl methyl sites for hydroxylation is 2. The largest absolute Gasteiger partial charge is 0.370 e. The van der Waals surface area contributed by atoms with Crippen LogP contribution in [-0.4, -0.2) is 34.2 Å². The summed E-state index contributed by atoms with van der Waals surface area (Å²) in [5.41, 5.74) is 3.13. The molecule has 2 fully saturated rings. The summed E-state index contributed by atoms with van der Waals surface area (Å²) < 4.78 is 5.80. The molecule has 4 rings (SSSR count). The first kappa shape index (κ1) is 16.3. The Morgan fingerprint density at radius 1 is 1.32 bits per heavy atom. The molecule has 6 nitrogen and oxygen atoms in total. The van der Waals surface area contributed by atoms with Crippen LogP contribution in [0.2, 0.25) is 0 Å². The molecule has 25 heavy (non-hydrogen) atoms. The Labute approximate surface area is 147 Å². The summed E-state index contributed by atoms with van der Waals surface area (Å²) in [4.78, 5) is 17.1. The number of nitrogens with one attached hydrogen (secondary N) is 2. The van der Waals surface area contributed by atoms with Crippen molar-refractivity contribution in [1.29, 1.82) is 0 Å². The van der Waals surface area contributed by atoms with Gasteiger partial charge in [0.05, 0.1) is 0 Å². The van der Waals surface area contributed by atoms with E-state index in [1.807, 2.05) is 19.9 Å². The predicted molar refractivity (Wildman–Crippen MR) is 93.4 cm³/mol. The van der Waals surface area contributed by atoms with E-state index in [0.29, 0.717) is 24.9 Å². The zero-order valence-corrected chi connectivity index (χ0v) is 14.7. The van der Waals surface area contributed by atoms with Gasteiger partial charge in [-0.05, 0) is 50.7 Å². The van der Waals surface area contributed by atoms with Crippen LogP contribution in [0.15, 0.2) is 18.2 Å². The molecule has 2 heterocycles. The number of hydrogen-bond acceptors (Lipinski definition) is 4. The third-order valence-electron chi connectivity index (χ3n) is 5.08. The molecule has 1 saturated heterocycles. The topological polar surface area (TPSA) is 79.9 Å². The predicted octanol–water partition coefficient (Wildman–Crippen LogP) is 2.81. The molecular formula is C19H24N4O2. The lowest BCUT2D eigenvalue weighted by Gasteiger charge is -2.17. The Kier molecular flexibility index (Phi) is 4.29. The first-order valence-corrected chi connectivity index (χ1v) is 9.01. The number of rotatable bonds is 5. The monoisotopic (exact) mass is 340 g/mol. The lowest BCUT2D eigenvalue weighted by atomic mass is 9.98. The number of amides is 1. The second-order valence-corrected chi connectivity index (χ2v) is 7.19. The minimum atomic E-state index is -0.148. The van der Waals surface area contributed by atoms with Gasteiger partial charge in [-0.25, -0.2) is 4.98 Å². The molecule has 0 unspecified atom stereocenters. The summed E-state index contributed by atoms with van der Waals surface area (Å²) in [6, 6.07) is 6.21. The number of aromatic nitrogens is 3. The van der Waals surface area contributed by atoms with E-state index in [-0.39, 0.29) is 17.9 Å². The number of hydrogen-bond donors (Lipinski definition) is 2. The Balaban J connectivity index is 1.44. The highest BCUT2D eigenvalue weighted by molar-refractivity contribution is 5.96. The molecule has 1 aliphatic heterocycles. The van der Waals surface area contributed by atoms with Crippen LogP contribution in [0.25, 0.3) is 0 Å². The van der Waals surface area contributed by atoms with Crippen LogP contribution < -0.4 is 5.32 Å². The zero-order chi connectivity index (χ0) is 17.4. The number of carbonyl (C=O) groups excluding carboxylic acids is 1. The highest BCUT2D eigenvalue weighted by Gasteiger charge is 2.33. The number of carbonyl (C=O) groups is 1. The molecule has 1 aliphatic carbocycles. The molecule has 2 aliphatic rings. The molecule has 1 saturated carbocycles. The summed E-state index contributed by atoms with van der Waals surface area (Å²) in [6.45, 7) is 5.16. The Bertz CT molecular complexity index is 781. The van der Waals surface area contributed by atoms with Gasteiger partial charge in [0.25, 0.3) is 5.91 Å². The van der Waals surface area contributed by atoms with Gasteiger partial charge in [0, 0.05) is 24.6 Å². The van der Waals surface area contributed by atoms with E-state index in [1.165, 1.54) is 18.4 Å². The second kappa shape index (κ2) is 6.59. The Hall–Kier alpha value is -2.21. The highest BCUT2D eigenvalue weighted by Crippen LogP contribution is 2.42. The van der Waals surface area contributed by atoms with Crippen molar-refractivity contribution >= 4 is 5.91 Å². The van der Waals surface area contributed by atoms with Crippen LogP contribution in [0.4, 0.5) is 0 Å². The summed E-state index contributed by atoms with van der Waals surface area (Å²) in [5, 5.41) is 10.2. The number of ether oxygens (including phenoxy) is 1. The van der Waals surface area contributed by atoms with Crippen molar-refractivity contribution in [3.8, 4) is 0 Å². The normalized spacial score (nSPS) is 23.0. The Morgan fingerprint density at radius 3 is 2.88 bits per heavy atom. The average Bonchev–Trinajstić information content (AvgIpc) is 3.18. The lowest BCUT2D eigenvalue weighted by molar-refractivity contribution is 0.0798. The number of aromatic amines is 1. The van der Waals surface area contributed by atoms with Crippen LogP contribution in [0.5, 0.6) is 0 Å². The minimum Gasteiger partial charge on any atom is -0.370 e. The summed E-state index contributed by atoms with van der Waals surface area (Å²) in [7, 11) is 0. The number of benzene rings is 1. The van der Waals surface area contributed by atoms with Gasteiger partial charge in [0.2, 0.25) is 0 Å².